The molecule has 0 N–H and O–H groups in total. The monoisotopic (exact) mass is 509 g/mol. The summed E-state index contributed by atoms with van der Waals surface area (Å²) in [6, 6.07) is 15.4. The van der Waals surface area contributed by atoms with Gasteiger partial charge in [0.2, 0.25) is 5.91 Å². The van der Waals surface area contributed by atoms with Gasteiger partial charge < -0.3 is 19.3 Å². The Hall–Kier alpha value is -3.46. The largest absolute Gasteiger partial charge is 0.493 e. The van der Waals surface area contributed by atoms with Crippen molar-refractivity contribution >= 4 is 40.6 Å². The predicted molar refractivity (Wildman–Crippen MR) is 141 cm³/mol. The molecule has 0 atom stereocenters. The fourth-order valence-electron chi connectivity index (χ4n) is 4.03. The van der Waals surface area contributed by atoms with Gasteiger partial charge in [-0.3, -0.25) is 19.3 Å². The molecule has 2 aromatic carbocycles. The van der Waals surface area contributed by atoms with E-state index in [0.29, 0.717) is 55.8 Å². The second-order valence-electron chi connectivity index (χ2n) is 9.09. The number of para-hydroxylation sites is 1. The molecule has 9 heteroatoms. The fraction of sp³-hybridized carbons (Fsp3) is 0.370. The average Bonchev–Trinajstić information content (AvgIpc) is 3.15. The van der Waals surface area contributed by atoms with Gasteiger partial charge >= 0.3 is 0 Å². The van der Waals surface area contributed by atoms with E-state index < -0.39 is 11.1 Å². The number of piperazine rings is 1. The van der Waals surface area contributed by atoms with Crippen molar-refractivity contribution < 1.29 is 23.9 Å². The molecular weight excluding hydrogens is 478 g/mol. The third-order valence-corrected chi connectivity index (χ3v) is 6.89. The number of nitrogens with zero attached hydrogens (tertiary/aromatic N) is 3. The Balaban J connectivity index is 1.37. The molecule has 3 amide bonds. The van der Waals surface area contributed by atoms with Crippen LogP contribution in [-0.4, -0.2) is 73.3 Å². The Morgan fingerprint density at radius 3 is 2.42 bits per heavy atom. The van der Waals surface area contributed by atoms with Crippen LogP contribution in [0.1, 0.15) is 19.4 Å². The molecule has 0 aromatic heterocycles. The van der Waals surface area contributed by atoms with Crippen LogP contribution < -0.4 is 14.4 Å². The minimum absolute atomic E-state index is 0.223. The molecule has 2 heterocycles. The maximum absolute atomic E-state index is 13.0. The third kappa shape index (κ3) is 6.02. The number of carbonyl (C=O) groups excluding carboxylic acids is 3. The van der Waals surface area contributed by atoms with E-state index in [1.807, 2.05) is 36.4 Å². The molecule has 2 aromatic rings. The number of rotatable bonds is 8. The van der Waals surface area contributed by atoms with Gasteiger partial charge in [0, 0.05) is 31.9 Å². The van der Waals surface area contributed by atoms with E-state index in [1.165, 1.54) is 0 Å². The van der Waals surface area contributed by atoms with Crippen molar-refractivity contribution in [2.24, 2.45) is 5.92 Å². The molecule has 0 aliphatic carbocycles. The summed E-state index contributed by atoms with van der Waals surface area (Å²) >= 11 is 0.842. The maximum Gasteiger partial charge on any atom is 0.294 e. The van der Waals surface area contributed by atoms with E-state index in [1.54, 1.807) is 30.2 Å². The number of anilines is 1. The quantitative estimate of drug-likeness (QED) is 0.496. The lowest BCUT2D eigenvalue weighted by Gasteiger charge is -2.36. The molecule has 2 aliphatic rings. The van der Waals surface area contributed by atoms with Crippen molar-refractivity contribution in [3.05, 3.63) is 59.0 Å². The van der Waals surface area contributed by atoms with E-state index in [4.69, 9.17) is 9.47 Å². The highest BCUT2D eigenvalue weighted by Crippen LogP contribution is 2.34. The zero-order valence-electron chi connectivity index (χ0n) is 20.8. The number of amides is 3. The summed E-state index contributed by atoms with van der Waals surface area (Å²) in [5.74, 6) is 0.860. The Labute approximate surface area is 215 Å². The molecule has 0 saturated carbocycles. The van der Waals surface area contributed by atoms with Crippen LogP contribution in [0.4, 0.5) is 10.5 Å². The molecule has 4 rings (SSSR count). The smallest absolute Gasteiger partial charge is 0.294 e. The molecule has 36 heavy (non-hydrogen) atoms. The van der Waals surface area contributed by atoms with Crippen molar-refractivity contribution in [1.82, 2.24) is 9.80 Å². The van der Waals surface area contributed by atoms with Crippen LogP contribution in [-0.2, 0) is 9.59 Å². The van der Waals surface area contributed by atoms with Crippen LogP contribution in [0.5, 0.6) is 11.5 Å². The van der Waals surface area contributed by atoms with Gasteiger partial charge in [0.1, 0.15) is 6.54 Å². The zero-order valence-corrected chi connectivity index (χ0v) is 21.6. The normalized spacial score (nSPS) is 17.3. The minimum Gasteiger partial charge on any atom is -0.493 e. The fourth-order valence-corrected chi connectivity index (χ4v) is 4.86. The summed E-state index contributed by atoms with van der Waals surface area (Å²) in [6.45, 7) is 6.93. The first-order chi connectivity index (χ1) is 17.4. The first kappa shape index (κ1) is 25.6. The van der Waals surface area contributed by atoms with Crippen LogP contribution in [0.3, 0.4) is 0 Å². The molecule has 0 unspecified atom stereocenters. The maximum atomic E-state index is 13.0. The summed E-state index contributed by atoms with van der Waals surface area (Å²) in [6.07, 6.45) is 1.64. The lowest BCUT2D eigenvalue weighted by molar-refractivity contribution is -0.136. The highest BCUT2D eigenvalue weighted by atomic mass is 32.2. The van der Waals surface area contributed by atoms with E-state index in [2.05, 4.69) is 18.7 Å². The Bertz CT molecular complexity index is 1140. The molecule has 190 valence electrons. The summed E-state index contributed by atoms with van der Waals surface area (Å²) in [5.41, 5.74) is 1.83. The summed E-state index contributed by atoms with van der Waals surface area (Å²) in [5, 5.41) is -0.439. The second-order valence-corrected chi connectivity index (χ2v) is 10.1. The van der Waals surface area contributed by atoms with Crippen molar-refractivity contribution in [3.8, 4) is 11.5 Å². The van der Waals surface area contributed by atoms with E-state index in [-0.39, 0.29) is 17.4 Å². The van der Waals surface area contributed by atoms with Crippen molar-refractivity contribution in [2.75, 3.05) is 51.3 Å². The molecule has 2 aliphatic heterocycles. The van der Waals surface area contributed by atoms with Gasteiger partial charge in [0.05, 0.1) is 18.6 Å². The van der Waals surface area contributed by atoms with Gasteiger partial charge in [0.15, 0.2) is 11.5 Å². The molecule has 0 spiro atoms. The number of hydrogen-bond donors (Lipinski definition) is 0. The number of ether oxygens (including phenoxy) is 2. The summed E-state index contributed by atoms with van der Waals surface area (Å²) in [4.78, 5) is 43.7. The number of methoxy groups -OCH3 is 1. The van der Waals surface area contributed by atoms with Gasteiger partial charge in [0.25, 0.3) is 11.1 Å². The van der Waals surface area contributed by atoms with E-state index in [0.717, 1.165) is 22.3 Å². The lowest BCUT2D eigenvalue weighted by atomic mass is 10.1. The van der Waals surface area contributed by atoms with Crippen LogP contribution in [0, 0.1) is 5.92 Å². The van der Waals surface area contributed by atoms with Gasteiger partial charge in [-0.1, -0.05) is 38.1 Å². The van der Waals surface area contributed by atoms with Gasteiger partial charge in [-0.25, -0.2) is 0 Å². The van der Waals surface area contributed by atoms with Gasteiger partial charge in [-0.2, -0.15) is 0 Å². The third-order valence-electron chi connectivity index (χ3n) is 5.98. The summed E-state index contributed by atoms with van der Waals surface area (Å²) < 4.78 is 11.2. The zero-order chi connectivity index (χ0) is 25.7. The number of thioether (sulfide) groups is 1. The van der Waals surface area contributed by atoms with Crippen molar-refractivity contribution in [1.29, 1.82) is 0 Å². The topological polar surface area (TPSA) is 79.4 Å². The number of hydrogen-bond acceptors (Lipinski definition) is 7. The van der Waals surface area contributed by atoms with Crippen LogP contribution in [0.25, 0.3) is 6.08 Å². The Morgan fingerprint density at radius 2 is 1.75 bits per heavy atom. The minimum atomic E-state index is -0.458. The summed E-state index contributed by atoms with van der Waals surface area (Å²) in [7, 11) is 1.56. The number of carbonyl (C=O) groups is 3. The standard InChI is InChI=1S/C27H31N3O5S/c1-19(2)18-35-22-10-9-20(15-23(22)34-3)16-24-26(32)30(27(33)36-24)17-25(31)29-13-11-28(12-14-29)21-7-5-4-6-8-21/h4-10,15-16,19H,11-14,17-18H2,1-3H3/b24-16-. The molecule has 2 fully saturated rings. The first-order valence-corrected chi connectivity index (χ1v) is 12.8. The Morgan fingerprint density at radius 1 is 1.03 bits per heavy atom. The molecular formula is C27H31N3O5S. The average molecular weight is 510 g/mol. The predicted octanol–water partition coefficient (Wildman–Crippen LogP) is 4.12. The number of imide groups is 1. The lowest BCUT2D eigenvalue weighted by Crippen LogP contribution is -2.51. The molecule has 0 bridgehead atoms. The number of benzene rings is 2. The van der Waals surface area contributed by atoms with Crippen molar-refractivity contribution in [3.63, 3.8) is 0 Å². The first-order valence-electron chi connectivity index (χ1n) is 12.0. The Kier molecular flexibility index (Phi) is 8.20. The SMILES string of the molecule is COc1cc(/C=C2\SC(=O)N(CC(=O)N3CCN(c4ccccc4)CC3)C2=O)ccc1OCC(C)C. The van der Waals surface area contributed by atoms with Crippen LogP contribution in [0.2, 0.25) is 0 Å². The van der Waals surface area contributed by atoms with Gasteiger partial charge in [-0.05, 0) is 53.6 Å². The van der Waals surface area contributed by atoms with Crippen molar-refractivity contribution in [2.45, 2.75) is 13.8 Å². The highest BCUT2D eigenvalue weighted by molar-refractivity contribution is 8.18. The molecule has 0 radical (unpaired) electrons. The van der Waals surface area contributed by atoms with E-state index in [9.17, 15) is 14.4 Å². The van der Waals surface area contributed by atoms with Crippen LogP contribution >= 0.6 is 11.8 Å². The van der Waals surface area contributed by atoms with E-state index >= 15 is 0 Å². The molecule has 8 nitrogen and oxygen atoms in total. The highest BCUT2D eigenvalue weighted by Gasteiger charge is 2.37. The van der Waals surface area contributed by atoms with Gasteiger partial charge in [-0.15, -0.1) is 0 Å². The molecule has 2 saturated heterocycles. The second kappa shape index (κ2) is 11.5. The van der Waals surface area contributed by atoms with Crippen LogP contribution in [0.15, 0.2) is 53.4 Å².